The molecule has 0 bridgehead atoms. The van der Waals surface area contributed by atoms with Crippen LogP contribution in [-0.4, -0.2) is 10.7 Å². The molecule has 0 amide bonds. The first-order valence-electron chi connectivity index (χ1n) is 6.12. The number of benzene rings is 2. The molecule has 2 aromatic rings. The predicted molar refractivity (Wildman–Crippen MR) is 85.8 cm³/mol. The lowest BCUT2D eigenvalue weighted by molar-refractivity contribution is 0.541. The molecule has 0 saturated carbocycles. The van der Waals surface area contributed by atoms with Crippen LogP contribution in [0.25, 0.3) is 0 Å². The van der Waals surface area contributed by atoms with E-state index < -0.39 is 0 Å². The lowest BCUT2D eigenvalue weighted by atomic mass is 9.79. The monoisotopic (exact) mass is 384 g/mol. The van der Waals surface area contributed by atoms with Crippen molar-refractivity contribution < 1.29 is 4.39 Å². The fourth-order valence-electron chi connectivity index (χ4n) is 2.19. The van der Waals surface area contributed by atoms with E-state index in [1.54, 1.807) is 12.1 Å². The first-order valence-corrected chi connectivity index (χ1v) is 8.36. The van der Waals surface area contributed by atoms with Gasteiger partial charge >= 0.3 is 0 Å². The Hall–Kier alpha value is -0.670. The van der Waals surface area contributed by atoms with Gasteiger partial charge in [-0.1, -0.05) is 74.3 Å². The van der Waals surface area contributed by atoms with E-state index in [0.717, 1.165) is 22.6 Å². The molecule has 0 nitrogen and oxygen atoms in total. The molecular weight excluding hydrogens is 371 g/mol. The third-order valence-corrected chi connectivity index (χ3v) is 5.48. The molecule has 2 rings (SSSR count). The number of rotatable bonds is 5. The van der Waals surface area contributed by atoms with E-state index >= 15 is 0 Å². The van der Waals surface area contributed by atoms with Crippen molar-refractivity contribution in [1.29, 1.82) is 0 Å². The first-order chi connectivity index (χ1) is 9.20. The van der Waals surface area contributed by atoms with Crippen LogP contribution in [0.15, 0.2) is 54.6 Å². The zero-order valence-electron chi connectivity index (χ0n) is 10.5. The van der Waals surface area contributed by atoms with Gasteiger partial charge in [-0.25, -0.2) is 4.39 Å². The van der Waals surface area contributed by atoms with Gasteiger partial charge in [0.15, 0.2) is 0 Å². The average Bonchev–Trinajstić information content (AvgIpc) is 2.46. The summed E-state index contributed by atoms with van der Waals surface area (Å²) in [5.41, 5.74) is 2.14. The minimum absolute atomic E-state index is 0.135. The Bertz CT molecular complexity index is 521. The molecule has 0 atom stereocenters. The van der Waals surface area contributed by atoms with Crippen LogP contribution in [0.3, 0.4) is 0 Å². The highest BCUT2D eigenvalue weighted by Crippen LogP contribution is 2.33. The van der Waals surface area contributed by atoms with Crippen LogP contribution in [0, 0.1) is 5.82 Å². The molecule has 19 heavy (non-hydrogen) atoms. The molecule has 0 saturated heterocycles. The topological polar surface area (TPSA) is 0 Å². The highest BCUT2D eigenvalue weighted by Gasteiger charge is 2.30. The molecule has 0 aliphatic carbocycles. The van der Waals surface area contributed by atoms with Crippen molar-refractivity contribution in [3.8, 4) is 0 Å². The second-order valence-corrected chi connectivity index (χ2v) is 5.84. The summed E-state index contributed by atoms with van der Waals surface area (Å²) in [6, 6.07) is 17.2. The van der Waals surface area contributed by atoms with E-state index in [9.17, 15) is 4.39 Å². The van der Waals surface area contributed by atoms with Crippen molar-refractivity contribution in [2.45, 2.75) is 11.8 Å². The van der Waals surface area contributed by atoms with Gasteiger partial charge in [-0.05, 0) is 29.7 Å². The Balaban J connectivity index is 2.37. The first kappa shape index (κ1) is 14.7. The van der Waals surface area contributed by atoms with Crippen molar-refractivity contribution in [3.05, 3.63) is 71.5 Å². The molecule has 3 heteroatoms. The van der Waals surface area contributed by atoms with E-state index in [1.807, 2.05) is 24.3 Å². The predicted octanol–water partition coefficient (Wildman–Crippen LogP) is 5.10. The summed E-state index contributed by atoms with van der Waals surface area (Å²) in [5, 5.41) is 1.56. The molecule has 2 aromatic carbocycles. The Morgan fingerprint density at radius 2 is 1.58 bits per heavy atom. The lowest BCUT2D eigenvalue weighted by Gasteiger charge is -2.31. The maximum atomic E-state index is 13.5. The minimum Gasteiger partial charge on any atom is -0.207 e. The fraction of sp³-hybridized carbons (Fsp3) is 0.250. The number of halogens is 3. The fourth-order valence-corrected chi connectivity index (χ4v) is 4.16. The van der Waals surface area contributed by atoms with Gasteiger partial charge in [-0.15, -0.1) is 0 Å². The van der Waals surface area contributed by atoms with E-state index in [0.29, 0.717) is 0 Å². The largest absolute Gasteiger partial charge is 0.207 e. The number of hydrogen-bond donors (Lipinski definition) is 0. The zero-order chi connectivity index (χ0) is 13.7. The summed E-state index contributed by atoms with van der Waals surface area (Å²) >= 11 is 7.20. The molecule has 0 aromatic heterocycles. The van der Waals surface area contributed by atoms with E-state index in [2.05, 4.69) is 44.0 Å². The maximum absolute atomic E-state index is 13.5. The van der Waals surface area contributed by atoms with Gasteiger partial charge in [-0.3, -0.25) is 0 Å². The van der Waals surface area contributed by atoms with Gasteiger partial charge in [0.2, 0.25) is 0 Å². The van der Waals surface area contributed by atoms with Crippen molar-refractivity contribution in [2.24, 2.45) is 0 Å². The van der Waals surface area contributed by atoms with Crippen LogP contribution in [0.4, 0.5) is 4.39 Å². The minimum atomic E-state index is -0.183. The second-order valence-electron chi connectivity index (χ2n) is 4.72. The molecule has 0 heterocycles. The van der Waals surface area contributed by atoms with Crippen LogP contribution in [-0.2, 0) is 11.8 Å². The zero-order valence-corrected chi connectivity index (χ0v) is 13.6. The van der Waals surface area contributed by atoms with Gasteiger partial charge < -0.3 is 0 Å². The van der Waals surface area contributed by atoms with Crippen molar-refractivity contribution in [2.75, 3.05) is 10.7 Å². The smallest absolute Gasteiger partial charge is 0.123 e. The normalized spacial score (nSPS) is 11.5. The standard InChI is InChI=1S/C16H15Br2F/c17-11-16(12-18,10-13-5-2-1-3-6-13)14-7-4-8-15(19)9-14/h1-9H,10-12H2. The van der Waals surface area contributed by atoms with E-state index in [1.165, 1.54) is 11.6 Å². The molecule has 0 unspecified atom stereocenters. The number of alkyl halides is 2. The van der Waals surface area contributed by atoms with Crippen LogP contribution in [0.1, 0.15) is 11.1 Å². The van der Waals surface area contributed by atoms with Crippen LogP contribution in [0.2, 0.25) is 0 Å². The lowest BCUT2D eigenvalue weighted by Crippen LogP contribution is -2.33. The summed E-state index contributed by atoms with van der Waals surface area (Å²) in [6.07, 6.45) is 0.869. The van der Waals surface area contributed by atoms with E-state index in [-0.39, 0.29) is 11.2 Å². The van der Waals surface area contributed by atoms with Gasteiger partial charge in [0, 0.05) is 16.1 Å². The van der Waals surface area contributed by atoms with Crippen LogP contribution >= 0.6 is 31.9 Å². The summed E-state index contributed by atoms with van der Waals surface area (Å²) in [6.45, 7) is 0. The van der Waals surface area contributed by atoms with Crippen LogP contribution < -0.4 is 0 Å². The number of hydrogen-bond acceptors (Lipinski definition) is 0. The Labute approximate surface area is 130 Å². The summed E-state index contributed by atoms with van der Waals surface area (Å²) in [5.74, 6) is -0.183. The molecule has 0 radical (unpaired) electrons. The molecule has 0 fully saturated rings. The molecule has 0 N–H and O–H groups in total. The molecule has 100 valence electrons. The van der Waals surface area contributed by atoms with Crippen molar-refractivity contribution in [1.82, 2.24) is 0 Å². The van der Waals surface area contributed by atoms with Gasteiger partial charge in [-0.2, -0.15) is 0 Å². The van der Waals surface area contributed by atoms with Gasteiger partial charge in [0.05, 0.1) is 0 Å². The second kappa shape index (κ2) is 6.67. The molecular formula is C16H15Br2F. The average molecular weight is 386 g/mol. The maximum Gasteiger partial charge on any atom is 0.123 e. The third kappa shape index (κ3) is 3.46. The SMILES string of the molecule is Fc1cccc(C(CBr)(CBr)Cc2ccccc2)c1. The van der Waals surface area contributed by atoms with Gasteiger partial charge in [0.1, 0.15) is 5.82 Å². The molecule has 0 spiro atoms. The summed E-state index contributed by atoms with van der Waals surface area (Å²) in [7, 11) is 0. The van der Waals surface area contributed by atoms with Crippen molar-refractivity contribution in [3.63, 3.8) is 0 Å². The Kier molecular flexibility index (Phi) is 5.17. The highest BCUT2D eigenvalue weighted by molar-refractivity contribution is 9.09. The highest BCUT2D eigenvalue weighted by atomic mass is 79.9. The van der Waals surface area contributed by atoms with Crippen LogP contribution in [0.5, 0.6) is 0 Å². The van der Waals surface area contributed by atoms with E-state index in [4.69, 9.17) is 0 Å². The van der Waals surface area contributed by atoms with Crippen molar-refractivity contribution >= 4 is 31.9 Å². The Morgan fingerprint density at radius 1 is 0.895 bits per heavy atom. The quantitative estimate of drug-likeness (QED) is 0.628. The summed E-state index contributed by atoms with van der Waals surface area (Å²) in [4.78, 5) is 0. The third-order valence-electron chi connectivity index (χ3n) is 3.33. The molecule has 0 aliphatic rings. The summed E-state index contributed by atoms with van der Waals surface area (Å²) < 4.78 is 13.5. The van der Waals surface area contributed by atoms with Gasteiger partial charge in [0.25, 0.3) is 0 Å². The molecule has 0 aliphatic heterocycles. The Morgan fingerprint density at radius 3 is 2.16 bits per heavy atom.